The fraction of sp³-hybridized carbons (Fsp3) is 0.235. The fourth-order valence-electron chi connectivity index (χ4n) is 2.62. The summed E-state index contributed by atoms with van der Waals surface area (Å²) in [6.07, 6.45) is 1.79. The summed E-state index contributed by atoms with van der Waals surface area (Å²) < 4.78 is 5.12. The highest BCUT2D eigenvalue weighted by molar-refractivity contribution is 6.03. The van der Waals surface area contributed by atoms with E-state index in [0.29, 0.717) is 18.1 Å². The molecule has 6 nitrogen and oxygen atoms in total. The van der Waals surface area contributed by atoms with Crippen molar-refractivity contribution in [2.45, 2.75) is 6.42 Å². The topological polar surface area (TPSA) is 71.5 Å². The third-order valence-electron chi connectivity index (χ3n) is 3.79. The summed E-state index contributed by atoms with van der Waals surface area (Å²) in [5.74, 6) is -0.296. The summed E-state index contributed by atoms with van der Waals surface area (Å²) >= 11 is 0. The summed E-state index contributed by atoms with van der Waals surface area (Å²) in [5.41, 5.74) is 1.32. The molecule has 0 bridgehead atoms. The van der Waals surface area contributed by atoms with Gasteiger partial charge in [-0.05, 0) is 24.3 Å². The van der Waals surface area contributed by atoms with Crippen LogP contribution in [-0.4, -0.2) is 30.5 Å². The maximum absolute atomic E-state index is 12.4. The van der Waals surface area contributed by atoms with E-state index in [9.17, 15) is 9.59 Å². The third kappa shape index (κ3) is 3.15. The molecule has 0 saturated carbocycles. The van der Waals surface area contributed by atoms with Gasteiger partial charge in [0, 0.05) is 24.8 Å². The number of carbonyl (C=O) groups is 2. The number of carbonyl (C=O) groups excluding carboxylic acids is 2. The van der Waals surface area contributed by atoms with Crippen LogP contribution in [-0.2, 0) is 9.59 Å². The molecule has 0 unspecified atom stereocenters. The van der Waals surface area contributed by atoms with Gasteiger partial charge in [-0.15, -0.1) is 0 Å². The Morgan fingerprint density at radius 2 is 2.04 bits per heavy atom. The molecule has 3 rings (SSSR count). The lowest BCUT2D eigenvalue weighted by Gasteiger charge is -2.16. The van der Waals surface area contributed by atoms with E-state index >= 15 is 0 Å². The Morgan fingerprint density at radius 3 is 2.78 bits per heavy atom. The first-order chi connectivity index (χ1) is 11.2. The molecule has 1 aromatic carbocycles. The van der Waals surface area contributed by atoms with Crippen LogP contribution in [0.15, 0.2) is 48.7 Å². The van der Waals surface area contributed by atoms with Crippen LogP contribution >= 0.6 is 0 Å². The van der Waals surface area contributed by atoms with E-state index in [0.717, 1.165) is 5.69 Å². The Morgan fingerprint density at radius 1 is 1.26 bits per heavy atom. The second kappa shape index (κ2) is 6.48. The van der Waals surface area contributed by atoms with Crippen molar-refractivity contribution in [3.63, 3.8) is 0 Å². The molecule has 6 heteroatoms. The molecule has 2 aromatic rings. The van der Waals surface area contributed by atoms with Crippen LogP contribution in [0.25, 0.3) is 0 Å². The van der Waals surface area contributed by atoms with Crippen molar-refractivity contribution >= 4 is 23.2 Å². The van der Waals surface area contributed by atoms with Crippen molar-refractivity contribution in [1.82, 2.24) is 4.98 Å². The minimum absolute atomic E-state index is 0.0468. The zero-order valence-electron chi connectivity index (χ0n) is 12.7. The van der Waals surface area contributed by atoms with E-state index < -0.39 is 5.92 Å². The molecule has 1 aromatic heterocycles. The van der Waals surface area contributed by atoms with E-state index in [2.05, 4.69) is 10.3 Å². The molecule has 1 aliphatic rings. The molecule has 0 radical (unpaired) electrons. The predicted molar refractivity (Wildman–Crippen MR) is 86.3 cm³/mol. The molecular formula is C17H17N3O3. The van der Waals surface area contributed by atoms with Gasteiger partial charge in [-0.2, -0.15) is 0 Å². The molecule has 0 spiro atoms. The van der Waals surface area contributed by atoms with Crippen molar-refractivity contribution < 1.29 is 14.3 Å². The van der Waals surface area contributed by atoms with Gasteiger partial charge in [-0.3, -0.25) is 9.59 Å². The van der Waals surface area contributed by atoms with Gasteiger partial charge < -0.3 is 15.0 Å². The average molecular weight is 311 g/mol. The normalized spacial score (nSPS) is 17.2. The van der Waals surface area contributed by atoms with Crippen LogP contribution < -0.4 is 15.0 Å². The smallest absolute Gasteiger partial charge is 0.237 e. The van der Waals surface area contributed by atoms with E-state index in [1.807, 2.05) is 30.3 Å². The van der Waals surface area contributed by atoms with Gasteiger partial charge >= 0.3 is 0 Å². The van der Waals surface area contributed by atoms with E-state index in [1.54, 1.807) is 23.2 Å². The molecule has 1 saturated heterocycles. The van der Waals surface area contributed by atoms with Crippen molar-refractivity contribution in [3.05, 3.63) is 48.7 Å². The van der Waals surface area contributed by atoms with Gasteiger partial charge in [0.05, 0.1) is 13.0 Å². The molecule has 1 aliphatic heterocycles. The molecule has 2 heterocycles. The number of hydrogen-bond donors (Lipinski definition) is 1. The van der Waals surface area contributed by atoms with Gasteiger partial charge in [0.2, 0.25) is 17.7 Å². The SMILES string of the molecule is COc1ncccc1NC(=O)[C@H]1CC(=O)N(c2ccccc2)C1. The number of nitrogens with zero attached hydrogens (tertiary/aromatic N) is 2. The summed E-state index contributed by atoms with van der Waals surface area (Å²) in [6.45, 7) is 0.372. The minimum Gasteiger partial charge on any atom is -0.480 e. The summed E-state index contributed by atoms with van der Waals surface area (Å²) in [5, 5.41) is 2.79. The summed E-state index contributed by atoms with van der Waals surface area (Å²) in [7, 11) is 1.49. The second-order valence-electron chi connectivity index (χ2n) is 5.29. The summed E-state index contributed by atoms with van der Waals surface area (Å²) in [6, 6.07) is 12.8. The minimum atomic E-state index is -0.396. The van der Waals surface area contributed by atoms with Crippen molar-refractivity contribution in [1.29, 1.82) is 0 Å². The average Bonchev–Trinajstić information content (AvgIpc) is 2.98. The maximum Gasteiger partial charge on any atom is 0.237 e. The zero-order chi connectivity index (χ0) is 16.2. The molecule has 1 atom stereocenters. The molecule has 0 aliphatic carbocycles. The van der Waals surface area contributed by atoms with E-state index in [-0.39, 0.29) is 18.2 Å². The second-order valence-corrected chi connectivity index (χ2v) is 5.29. The molecule has 118 valence electrons. The number of para-hydroxylation sites is 1. The van der Waals surface area contributed by atoms with Crippen LogP contribution in [0.1, 0.15) is 6.42 Å². The Labute approximate surface area is 134 Å². The molecular weight excluding hydrogens is 294 g/mol. The number of amides is 2. The van der Waals surface area contributed by atoms with E-state index in [4.69, 9.17) is 4.74 Å². The highest BCUT2D eigenvalue weighted by Gasteiger charge is 2.35. The van der Waals surface area contributed by atoms with Gasteiger partial charge in [0.15, 0.2) is 0 Å². The van der Waals surface area contributed by atoms with Crippen LogP contribution in [0, 0.1) is 5.92 Å². The van der Waals surface area contributed by atoms with Gasteiger partial charge in [-0.25, -0.2) is 4.98 Å². The molecule has 1 fully saturated rings. The lowest BCUT2D eigenvalue weighted by atomic mass is 10.1. The summed E-state index contributed by atoms with van der Waals surface area (Å²) in [4.78, 5) is 30.3. The van der Waals surface area contributed by atoms with Crippen LogP contribution in [0.4, 0.5) is 11.4 Å². The van der Waals surface area contributed by atoms with E-state index in [1.165, 1.54) is 7.11 Å². The lowest BCUT2D eigenvalue weighted by Crippen LogP contribution is -2.28. The van der Waals surface area contributed by atoms with Crippen LogP contribution in [0.2, 0.25) is 0 Å². The fourth-order valence-corrected chi connectivity index (χ4v) is 2.62. The first-order valence-corrected chi connectivity index (χ1v) is 7.34. The lowest BCUT2D eigenvalue weighted by molar-refractivity contribution is -0.122. The predicted octanol–water partition coefficient (Wildman–Crippen LogP) is 2.08. The van der Waals surface area contributed by atoms with Gasteiger partial charge in [0.1, 0.15) is 5.69 Å². The quantitative estimate of drug-likeness (QED) is 0.938. The number of methoxy groups -OCH3 is 1. The Bertz CT molecular complexity index is 718. The Kier molecular flexibility index (Phi) is 4.23. The first kappa shape index (κ1) is 15.0. The highest BCUT2D eigenvalue weighted by Crippen LogP contribution is 2.27. The van der Waals surface area contributed by atoms with Gasteiger partial charge in [0.25, 0.3) is 0 Å². The Balaban J connectivity index is 1.71. The monoisotopic (exact) mass is 311 g/mol. The zero-order valence-corrected chi connectivity index (χ0v) is 12.7. The van der Waals surface area contributed by atoms with Crippen LogP contribution in [0.5, 0.6) is 5.88 Å². The number of hydrogen-bond acceptors (Lipinski definition) is 4. The van der Waals surface area contributed by atoms with Crippen molar-refractivity contribution in [2.75, 3.05) is 23.9 Å². The standard InChI is InChI=1S/C17H17N3O3/c1-23-17-14(8-5-9-18-17)19-16(22)12-10-15(21)20(11-12)13-6-3-2-4-7-13/h2-9,12H,10-11H2,1H3,(H,19,22)/t12-/m0/s1. The van der Waals surface area contributed by atoms with Gasteiger partial charge in [-0.1, -0.05) is 18.2 Å². The molecule has 2 amide bonds. The molecule has 23 heavy (non-hydrogen) atoms. The maximum atomic E-state index is 12.4. The Hall–Kier alpha value is -2.89. The van der Waals surface area contributed by atoms with Crippen LogP contribution in [0.3, 0.4) is 0 Å². The number of aromatic nitrogens is 1. The number of anilines is 2. The number of ether oxygens (including phenoxy) is 1. The van der Waals surface area contributed by atoms with Crippen molar-refractivity contribution in [3.8, 4) is 5.88 Å². The number of rotatable bonds is 4. The number of nitrogens with one attached hydrogen (secondary N) is 1. The largest absolute Gasteiger partial charge is 0.480 e. The van der Waals surface area contributed by atoms with Crippen molar-refractivity contribution in [2.24, 2.45) is 5.92 Å². The molecule has 1 N–H and O–H groups in total. The highest BCUT2D eigenvalue weighted by atomic mass is 16.5. The number of pyridine rings is 1. The number of benzene rings is 1. The third-order valence-corrected chi connectivity index (χ3v) is 3.79. The first-order valence-electron chi connectivity index (χ1n) is 7.34.